The van der Waals surface area contributed by atoms with Gasteiger partial charge in [0.05, 0.1) is 33.5 Å². The molecule has 2 aliphatic rings. The number of ether oxygens (including phenoxy) is 1. The Kier molecular flexibility index (Phi) is 4.09. The van der Waals surface area contributed by atoms with Crippen LogP contribution in [0.25, 0.3) is 11.2 Å². The van der Waals surface area contributed by atoms with E-state index in [1.54, 1.807) is 0 Å². The number of nitrogens with one attached hydrogen (secondary N) is 1. The fourth-order valence-electron chi connectivity index (χ4n) is 3.41. The lowest BCUT2D eigenvalue weighted by Gasteiger charge is -2.17. The molecule has 5 rings (SSSR count). The molecule has 2 heterocycles. The number of rotatable bonds is 10. The first-order valence-corrected chi connectivity index (χ1v) is 11.6. The van der Waals surface area contributed by atoms with Crippen molar-refractivity contribution in [3.63, 3.8) is 0 Å². The monoisotopic (exact) mass is 531 g/mol. The molecule has 0 bridgehead atoms. The molecule has 0 unspecified atom stereocenters. The van der Waals surface area contributed by atoms with Gasteiger partial charge in [0.25, 0.3) is 0 Å². The van der Waals surface area contributed by atoms with Crippen LogP contribution in [0.15, 0.2) is 23.4 Å². The molecule has 2 fully saturated rings. The summed E-state index contributed by atoms with van der Waals surface area (Å²) in [6.45, 7) is -1.83. The van der Waals surface area contributed by atoms with Crippen LogP contribution in [0.1, 0.15) is 66.9 Å². The van der Waals surface area contributed by atoms with Gasteiger partial charge in [-0.05, 0) is 36.9 Å². The largest absolute Gasteiger partial charge is 0.394 e. The maximum Gasteiger partial charge on any atom is 0.191 e. The van der Waals surface area contributed by atoms with Gasteiger partial charge in [0.2, 0.25) is 0 Å². The molecular weight excluding hydrogens is 487 g/mol. The van der Waals surface area contributed by atoms with E-state index in [2.05, 4.69) is 25.6 Å². The van der Waals surface area contributed by atoms with E-state index in [9.17, 15) is 19.7 Å². The average molecular weight is 532 g/mol. The summed E-state index contributed by atoms with van der Waals surface area (Å²) in [5, 5.41) is 41.4. The van der Waals surface area contributed by atoms with Crippen LogP contribution in [0.2, 0.25) is 0 Å². The molecule has 0 amide bonds. The maximum atomic E-state index is 14.4. The number of thioether (sulfide) groups is 1. The number of hydrogen-bond donors (Lipinski definition) is 4. The van der Waals surface area contributed by atoms with E-state index < -0.39 is 95.8 Å². The summed E-state index contributed by atoms with van der Waals surface area (Å²) >= 11 is 0.416. The van der Waals surface area contributed by atoms with Crippen molar-refractivity contribution in [1.29, 1.82) is 0 Å². The van der Waals surface area contributed by atoms with Gasteiger partial charge in [0.15, 0.2) is 22.1 Å². The van der Waals surface area contributed by atoms with Crippen molar-refractivity contribution in [2.45, 2.75) is 74.4 Å². The van der Waals surface area contributed by atoms with E-state index in [1.807, 2.05) is 0 Å². The van der Waals surface area contributed by atoms with Crippen LogP contribution in [-0.2, 0) is 4.74 Å². The molecule has 0 saturated heterocycles. The van der Waals surface area contributed by atoms with Crippen molar-refractivity contribution in [3.05, 3.63) is 35.1 Å². The summed E-state index contributed by atoms with van der Waals surface area (Å²) in [4.78, 5) is 8.30. The van der Waals surface area contributed by atoms with E-state index >= 15 is 0 Å². The van der Waals surface area contributed by atoms with Crippen molar-refractivity contribution in [2.75, 3.05) is 24.2 Å². The SMILES string of the molecule is [2H]C([2H])(O)CO[C@@]1([2H])C([2H])([2H])[C@@]([2H])(n2nnc3c(N[C@@H]4C([2H])([2H])[C@@]4([2H])c4ccc(C)c(F)c4)nc(SC([2H])([2H])CC)nc32)[C@]([2H])(O)[C@]1([2H])O. The second-order valence-electron chi connectivity index (χ2n) is 7.67. The lowest BCUT2D eigenvalue weighted by atomic mass is 10.1. The van der Waals surface area contributed by atoms with Crippen LogP contribution in [0.3, 0.4) is 0 Å². The van der Waals surface area contributed by atoms with Gasteiger partial charge in [-0.1, -0.05) is 36.0 Å². The van der Waals surface area contributed by atoms with Crippen LogP contribution in [0.5, 0.6) is 0 Å². The van der Waals surface area contributed by atoms with E-state index in [4.69, 9.17) is 22.6 Å². The Hall–Kier alpha value is -2.38. The van der Waals surface area contributed by atoms with Gasteiger partial charge in [-0.3, -0.25) is 0 Å². The highest BCUT2D eigenvalue weighted by atomic mass is 32.2. The smallest absolute Gasteiger partial charge is 0.191 e. The predicted octanol–water partition coefficient (Wildman–Crippen LogP) is 2.18. The molecule has 2 aromatic heterocycles. The van der Waals surface area contributed by atoms with E-state index in [-0.39, 0.29) is 22.2 Å². The zero-order valence-corrected chi connectivity index (χ0v) is 19.8. The normalized spacial score (nSPS) is 46.7. The van der Waals surface area contributed by atoms with Crippen molar-refractivity contribution in [3.8, 4) is 0 Å². The number of halogens is 1. The summed E-state index contributed by atoms with van der Waals surface area (Å²) in [7, 11) is 0. The topological polar surface area (TPSA) is 138 Å². The van der Waals surface area contributed by atoms with Gasteiger partial charge in [-0.2, -0.15) is 0 Å². The maximum absolute atomic E-state index is 14.4. The van der Waals surface area contributed by atoms with Gasteiger partial charge in [-0.25, -0.2) is 19.0 Å². The third-order valence-corrected chi connectivity index (χ3v) is 6.04. The number of anilines is 1. The van der Waals surface area contributed by atoms with Crippen LogP contribution in [0.4, 0.5) is 10.2 Å². The fraction of sp³-hybridized carbons (Fsp3) is 0.583. The highest BCUT2D eigenvalue weighted by Gasteiger charge is 2.45. The van der Waals surface area contributed by atoms with E-state index in [0.717, 1.165) is 6.07 Å². The quantitative estimate of drug-likeness (QED) is 0.227. The first-order valence-electron chi connectivity index (χ1n) is 17.2. The molecule has 1 aromatic carbocycles. The Balaban J connectivity index is 1.70. The minimum Gasteiger partial charge on any atom is -0.394 e. The van der Waals surface area contributed by atoms with Crippen molar-refractivity contribution < 1.29 is 42.3 Å². The number of hydrogen-bond acceptors (Lipinski definition) is 10. The number of aryl methyl sites for hydroxylation is 1. The van der Waals surface area contributed by atoms with Crippen molar-refractivity contribution in [1.82, 2.24) is 25.0 Å². The van der Waals surface area contributed by atoms with Crippen LogP contribution in [0, 0.1) is 12.7 Å². The molecule has 36 heavy (non-hydrogen) atoms. The number of aromatic nitrogens is 5. The van der Waals surface area contributed by atoms with Gasteiger partial charge in [0, 0.05) is 33.6 Å². The minimum absolute atomic E-state index is 0.0405. The third-order valence-electron chi connectivity index (χ3n) is 5.25. The molecule has 0 aliphatic heterocycles. The molecule has 0 spiro atoms. The van der Waals surface area contributed by atoms with Crippen molar-refractivity contribution >= 4 is 28.7 Å². The highest BCUT2D eigenvalue weighted by Crippen LogP contribution is 2.44. The fourth-order valence-corrected chi connectivity index (χ4v) is 3.95. The van der Waals surface area contributed by atoms with E-state index in [0.29, 0.717) is 11.8 Å². The molecule has 0 radical (unpaired) electrons. The summed E-state index contributed by atoms with van der Waals surface area (Å²) in [6.07, 6.45) is -18.4. The Bertz CT molecular complexity index is 1820. The first kappa shape index (κ1) is 14.0. The molecule has 2 saturated carbocycles. The number of fused-ring (bicyclic) bond motifs is 1. The molecule has 4 N–H and O–H groups in total. The average Bonchev–Trinajstić information content (AvgIpc) is 3.23. The Morgan fingerprint density at radius 1 is 1.33 bits per heavy atom. The molecule has 6 atom stereocenters. The van der Waals surface area contributed by atoms with Gasteiger partial charge < -0.3 is 25.4 Å². The molecular formula is C24H31FN6O4S. The molecule has 3 aromatic rings. The number of nitrogens with zero attached hydrogens (tertiary/aromatic N) is 5. The standard InChI is InChI=1S/C24H31FN6O4S/c1-3-8-36-24-27-22(26-16-10-14(16)13-5-4-12(2)15(25)9-13)19-23(28-24)31(30-29-19)17-11-18(35-7-6-32)21(34)20(17)33/h4-5,9,14,16-18,20-21,32-34H,3,6-8,10-11H2,1-2H3,(H,26,27,28)/t14-,16+,17+,18-,20-,21+/m0/s1/i6D2,8D2,10D2,11D2,14D,17D,18D,20D,21D. The second-order valence-corrected chi connectivity index (χ2v) is 8.53. The number of aliphatic hydroxyl groups is 3. The summed E-state index contributed by atoms with van der Waals surface area (Å²) in [6, 6.07) is -1.52. The second kappa shape index (κ2) is 10.5. The Morgan fingerprint density at radius 3 is 2.92 bits per heavy atom. The minimum atomic E-state index is -4.10. The van der Waals surface area contributed by atoms with Gasteiger partial charge in [0.1, 0.15) is 18.0 Å². The van der Waals surface area contributed by atoms with Crippen LogP contribution < -0.4 is 5.32 Å². The Morgan fingerprint density at radius 2 is 2.17 bits per heavy atom. The molecule has 12 heteroatoms. The predicted molar refractivity (Wildman–Crippen MR) is 133 cm³/mol. The zero-order valence-electron chi connectivity index (χ0n) is 32.0. The molecule has 2 aliphatic carbocycles. The summed E-state index contributed by atoms with van der Waals surface area (Å²) in [5.41, 5.74) is -3.10. The number of benzene rings is 1. The molecule has 10 nitrogen and oxygen atoms in total. The van der Waals surface area contributed by atoms with Crippen molar-refractivity contribution in [2.24, 2.45) is 0 Å². The van der Waals surface area contributed by atoms with Crippen LogP contribution in [-0.4, -0.2) is 83.4 Å². The summed E-state index contributed by atoms with van der Waals surface area (Å²) in [5.74, 6) is -3.24. The molecule has 194 valence electrons. The first-order chi connectivity index (χ1) is 22.1. The Labute approximate surface area is 230 Å². The zero-order chi connectivity index (χ0) is 37.2. The third kappa shape index (κ3) is 4.92. The highest BCUT2D eigenvalue weighted by molar-refractivity contribution is 7.99. The lowest BCUT2D eigenvalue weighted by Crippen LogP contribution is -2.33. The van der Waals surface area contributed by atoms with Crippen LogP contribution >= 0.6 is 11.8 Å². The lowest BCUT2D eigenvalue weighted by molar-refractivity contribution is -0.0629. The van der Waals surface area contributed by atoms with Gasteiger partial charge in [-0.15, -0.1) is 5.10 Å². The van der Waals surface area contributed by atoms with Gasteiger partial charge >= 0.3 is 0 Å². The van der Waals surface area contributed by atoms with E-state index in [1.165, 1.54) is 26.0 Å². The summed E-state index contributed by atoms with van der Waals surface area (Å²) < 4.78 is 128.